The number of para-hydroxylation sites is 4. The zero-order valence-corrected chi connectivity index (χ0v) is 46.1. The SMILES string of the molecule is C1CCC2=NCCCN2CC1.O=S(=O)(Oc1ccccc1)c1ccc2c(c1)C(=C/C=C\C1c3cc(S(=O)(=O)Oc4ccccc4)ccc3-c3ccc(S(=O)(=O)Oc4ccccc4)cc31)c1cc(S(=O)(=O)Oc3ccccc3)ccc1-2. The van der Waals surface area contributed by atoms with E-state index >= 15 is 0 Å². The van der Waals surface area contributed by atoms with Gasteiger partial charge in [0.1, 0.15) is 42.6 Å². The Hall–Kier alpha value is -8.29. The number of allylic oxidation sites excluding steroid dienone is 3. The molecule has 1 fully saturated rings. The highest BCUT2D eigenvalue weighted by Crippen LogP contribution is 2.49. The monoisotopic (exact) mass is 1140 g/mol. The minimum absolute atomic E-state index is 0.107. The van der Waals surface area contributed by atoms with E-state index < -0.39 is 46.4 Å². The molecule has 0 atom stereocenters. The van der Waals surface area contributed by atoms with Gasteiger partial charge in [-0.15, -0.1) is 0 Å². The van der Waals surface area contributed by atoms with Crippen LogP contribution in [-0.4, -0.2) is 64.0 Å². The van der Waals surface area contributed by atoms with E-state index in [4.69, 9.17) is 16.7 Å². The Morgan fingerprint density at radius 3 is 1.19 bits per heavy atom. The molecule has 8 aromatic rings. The first-order valence-corrected chi connectivity index (χ1v) is 31.5. The average molecular weight is 1150 g/mol. The average Bonchev–Trinajstić information content (AvgIpc) is 3.90. The lowest BCUT2D eigenvalue weighted by Crippen LogP contribution is -2.34. The van der Waals surface area contributed by atoms with Crippen LogP contribution in [0, 0.1) is 0 Å². The fourth-order valence-electron chi connectivity index (χ4n) is 10.2. The van der Waals surface area contributed by atoms with Gasteiger partial charge in [0, 0.05) is 32.0 Å². The number of fused-ring (bicyclic) bond motifs is 7. The lowest BCUT2D eigenvalue weighted by molar-refractivity contribution is 0.391. The van der Waals surface area contributed by atoms with Crippen molar-refractivity contribution < 1.29 is 50.4 Å². The summed E-state index contributed by atoms with van der Waals surface area (Å²) < 4.78 is 132. The van der Waals surface area contributed by atoms with Crippen LogP contribution in [0.5, 0.6) is 23.0 Å². The summed E-state index contributed by atoms with van der Waals surface area (Å²) in [4.78, 5) is 6.42. The van der Waals surface area contributed by atoms with Crippen LogP contribution in [0.4, 0.5) is 0 Å². The number of amidine groups is 1. The summed E-state index contributed by atoms with van der Waals surface area (Å²) in [5.41, 5.74) is 4.83. The summed E-state index contributed by atoms with van der Waals surface area (Å²) in [6.07, 6.45) is 11.7. The second-order valence-corrected chi connectivity index (χ2v) is 25.4. The third kappa shape index (κ3) is 11.6. The molecule has 1 saturated heterocycles. The van der Waals surface area contributed by atoms with Crippen LogP contribution in [0.3, 0.4) is 0 Å². The van der Waals surface area contributed by atoms with Gasteiger partial charge in [0.15, 0.2) is 0 Å². The molecule has 0 saturated carbocycles. The fourth-order valence-corrected chi connectivity index (χ4v) is 14.0. The van der Waals surface area contributed by atoms with Crippen molar-refractivity contribution in [2.24, 2.45) is 4.99 Å². The lowest BCUT2D eigenvalue weighted by Gasteiger charge is -2.27. The molecule has 4 aliphatic rings. The van der Waals surface area contributed by atoms with Gasteiger partial charge in [-0.1, -0.05) is 122 Å². The molecule has 0 bridgehead atoms. The first-order valence-electron chi connectivity index (χ1n) is 25.8. The molecule has 0 amide bonds. The third-order valence-corrected chi connectivity index (χ3v) is 18.9. The van der Waals surface area contributed by atoms with Crippen molar-refractivity contribution in [3.05, 3.63) is 235 Å². The second-order valence-electron chi connectivity index (χ2n) is 19.2. The van der Waals surface area contributed by atoms with Crippen molar-refractivity contribution in [1.29, 1.82) is 0 Å². The normalized spacial score (nSPS) is 14.9. The Morgan fingerprint density at radius 2 is 0.775 bits per heavy atom. The zero-order valence-electron chi connectivity index (χ0n) is 42.9. The molecule has 12 rings (SSSR count). The van der Waals surface area contributed by atoms with Crippen molar-refractivity contribution in [2.75, 3.05) is 19.6 Å². The van der Waals surface area contributed by atoms with Crippen molar-refractivity contribution in [1.82, 2.24) is 4.90 Å². The Morgan fingerprint density at radius 1 is 0.400 bits per heavy atom. The topological polar surface area (TPSA) is 189 Å². The van der Waals surface area contributed by atoms with Crippen molar-refractivity contribution in [3.63, 3.8) is 0 Å². The highest BCUT2D eigenvalue weighted by Gasteiger charge is 2.33. The van der Waals surface area contributed by atoms with Crippen LogP contribution in [0.1, 0.15) is 60.3 Å². The number of benzene rings is 8. The Bertz CT molecular complexity index is 3950. The molecule has 8 aromatic carbocycles. The molecule has 80 heavy (non-hydrogen) atoms. The number of rotatable bonds is 14. The quantitative estimate of drug-likeness (QED) is 0.0936. The van der Waals surface area contributed by atoms with E-state index in [1.54, 1.807) is 115 Å². The number of nitrogens with zero attached hydrogens (tertiary/aromatic N) is 2. The van der Waals surface area contributed by atoms with E-state index in [1.165, 1.54) is 148 Å². The smallest absolute Gasteiger partial charge is 0.339 e. The Balaban J connectivity index is 0.000000545. The summed E-state index contributed by atoms with van der Waals surface area (Å²) in [6, 6.07) is 50.2. The maximum atomic E-state index is 13.7. The van der Waals surface area contributed by atoms with Crippen molar-refractivity contribution in [2.45, 2.75) is 57.6 Å². The van der Waals surface area contributed by atoms with Crippen molar-refractivity contribution in [3.8, 4) is 45.3 Å². The van der Waals surface area contributed by atoms with Gasteiger partial charge < -0.3 is 21.6 Å². The highest BCUT2D eigenvalue weighted by molar-refractivity contribution is 7.88. The summed E-state index contributed by atoms with van der Waals surface area (Å²) in [5.74, 6) is 1.07. The van der Waals surface area contributed by atoms with Gasteiger partial charge >= 0.3 is 40.5 Å². The van der Waals surface area contributed by atoms with Gasteiger partial charge in [-0.3, -0.25) is 4.99 Å². The first kappa shape index (κ1) is 53.7. The number of hydrogen-bond donors (Lipinski definition) is 0. The van der Waals surface area contributed by atoms with E-state index in [0.717, 1.165) is 6.54 Å². The van der Waals surface area contributed by atoms with E-state index in [2.05, 4.69) is 9.89 Å². The van der Waals surface area contributed by atoms with Crippen LogP contribution in [0.15, 0.2) is 237 Å². The Kier molecular flexibility index (Phi) is 15.1. The third-order valence-electron chi connectivity index (χ3n) is 14.0. The predicted octanol–water partition coefficient (Wildman–Crippen LogP) is 12.2. The van der Waals surface area contributed by atoms with Crippen LogP contribution in [-0.2, 0) is 40.5 Å². The molecule has 18 heteroatoms. The van der Waals surface area contributed by atoms with Crippen LogP contribution in [0.25, 0.3) is 27.8 Å². The molecule has 2 aliphatic heterocycles. The van der Waals surface area contributed by atoms with Crippen LogP contribution in [0.2, 0.25) is 0 Å². The minimum Gasteiger partial charge on any atom is -0.379 e. The van der Waals surface area contributed by atoms with Gasteiger partial charge in [0.05, 0.1) is 5.84 Å². The van der Waals surface area contributed by atoms with Gasteiger partial charge in [-0.05, 0) is 166 Å². The number of aliphatic imine (C=N–C) groups is 1. The van der Waals surface area contributed by atoms with Crippen LogP contribution < -0.4 is 16.7 Å². The van der Waals surface area contributed by atoms with Gasteiger partial charge in [-0.2, -0.15) is 33.7 Å². The fraction of sp³-hybridized carbons (Fsp3) is 0.145. The molecule has 2 aliphatic carbocycles. The molecular formula is C62H52N2O12S4. The van der Waals surface area contributed by atoms with Crippen LogP contribution >= 0.6 is 0 Å². The molecule has 14 nitrogen and oxygen atoms in total. The summed E-state index contributed by atoms with van der Waals surface area (Å²) in [7, 11) is -17.4. The van der Waals surface area contributed by atoms with E-state index in [1.807, 2.05) is 0 Å². The summed E-state index contributed by atoms with van der Waals surface area (Å²) >= 11 is 0. The Labute approximate surface area is 466 Å². The predicted molar refractivity (Wildman–Crippen MR) is 306 cm³/mol. The molecule has 0 radical (unpaired) electrons. The van der Waals surface area contributed by atoms with Gasteiger partial charge in [0.2, 0.25) is 0 Å². The maximum Gasteiger partial charge on any atom is 0.339 e. The van der Waals surface area contributed by atoms with Gasteiger partial charge in [-0.25, -0.2) is 0 Å². The van der Waals surface area contributed by atoms with Gasteiger partial charge in [0.25, 0.3) is 0 Å². The van der Waals surface area contributed by atoms with E-state index in [0.29, 0.717) is 50.1 Å². The molecule has 2 heterocycles. The largest absolute Gasteiger partial charge is 0.379 e. The number of hydrogen-bond acceptors (Lipinski definition) is 14. The van der Waals surface area contributed by atoms with E-state index in [-0.39, 0.29) is 42.6 Å². The molecule has 0 unspecified atom stereocenters. The molecule has 406 valence electrons. The zero-order chi connectivity index (χ0) is 55.5. The highest BCUT2D eigenvalue weighted by atomic mass is 32.2. The second kappa shape index (κ2) is 22.5. The first-order chi connectivity index (χ1) is 38.6. The lowest BCUT2D eigenvalue weighted by atomic mass is 9.96. The van der Waals surface area contributed by atoms with Crippen molar-refractivity contribution >= 4 is 51.9 Å². The van der Waals surface area contributed by atoms with E-state index in [9.17, 15) is 33.7 Å². The molecule has 0 N–H and O–H groups in total. The summed E-state index contributed by atoms with van der Waals surface area (Å²) in [5, 5.41) is 0. The summed E-state index contributed by atoms with van der Waals surface area (Å²) in [6.45, 7) is 3.60. The molecule has 0 spiro atoms. The standard InChI is InChI=1S/C53H36O12S4.C9H16N2/c54-66(55,62-36-14-5-1-6-15-36)40-24-28-46-47-29-25-41(67(56,57)63-37-16-7-2-8-17-37)33-51(47)44(50(46)32-40)22-13-23-45-52-34-42(68(58,59)64-38-18-9-3-10-19-38)26-30-48(52)49-31-27-43(35-53(45)49)69(60,61)65-39-20-11-4-12-21-39;1-2-5-9-10-6-4-8-11(9)7-3-1/h1-35,44H;1-8H2/b22-13-;. The molecule has 0 aromatic heterocycles. The maximum absolute atomic E-state index is 13.7. The molecular weight excluding hydrogens is 1090 g/mol. The minimum atomic E-state index is -4.36.